The Morgan fingerprint density at radius 1 is 1.11 bits per heavy atom. The number of hydrogen-bond acceptors (Lipinski definition) is 4. The van der Waals surface area contributed by atoms with E-state index in [0.717, 1.165) is 11.2 Å². The molecule has 0 saturated heterocycles. The van der Waals surface area contributed by atoms with Crippen molar-refractivity contribution in [2.24, 2.45) is 0 Å². The summed E-state index contributed by atoms with van der Waals surface area (Å²) in [5.74, 6) is 0.718. The SMILES string of the molecule is CC(C)c1cc(C(=O)Nc2ccc3oc(C(C)(C)C)nc3c2)nn1C(C)(C)C. The molecule has 1 aromatic carbocycles. The molecule has 0 radical (unpaired) electrons. The maximum Gasteiger partial charge on any atom is 0.276 e. The fraction of sp³-hybridized carbons (Fsp3) is 0.500. The molecule has 0 bridgehead atoms. The van der Waals surface area contributed by atoms with Gasteiger partial charge >= 0.3 is 0 Å². The van der Waals surface area contributed by atoms with Crippen LogP contribution in [0.15, 0.2) is 28.7 Å². The van der Waals surface area contributed by atoms with Crippen molar-refractivity contribution in [2.45, 2.75) is 72.3 Å². The number of carbonyl (C=O) groups is 1. The predicted molar refractivity (Wildman–Crippen MR) is 112 cm³/mol. The summed E-state index contributed by atoms with van der Waals surface area (Å²) in [5.41, 5.74) is 3.19. The van der Waals surface area contributed by atoms with Gasteiger partial charge in [-0.05, 0) is 51.0 Å². The molecule has 28 heavy (non-hydrogen) atoms. The standard InChI is InChI=1S/C22H30N4O2/c1-13(2)17-12-16(25-26(17)22(6,7)8)19(27)23-14-9-10-18-15(11-14)24-20(28-18)21(3,4)5/h9-13H,1-8H3,(H,23,27). The maximum absolute atomic E-state index is 12.8. The van der Waals surface area contributed by atoms with E-state index in [0.29, 0.717) is 22.9 Å². The lowest BCUT2D eigenvalue weighted by molar-refractivity contribution is 0.102. The molecule has 150 valence electrons. The second-order valence-electron chi connectivity index (χ2n) is 9.60. The third kappa shape index (κ3) is 3.96. The molecule has 1 amide bonds. The van der Waals surface area contributed by atoms with Crippen molar-refractivity contribution in [2.75, 3.05) is 5.32 Å². The average Bonchev–Trinajstić information content (AvgIpc) is 3.18. The summed E-state index contributed by atoms with van der Waals surface area (Å²) >= 11 is 0. The van der Waals surface area contributed by atoms with Gasteiger partial charge in [-0.3, -0.25) is 9.48 Å². The van der Waals surface area contributed by atoms with Crippen molar-refractivity contribution >= 4 is 22.7 Å². The number of oxazole rings is 1. The molecule has 0 saturated carbocycles. The third-order valence-corrected chi connectivity index (χ3v) is 4.48. The van der Waals surface area contributed by atoms with E-state index in [1.807, 2.05) is 28.9 Å². The highest BCUT2D eigenvalue weighted by Gasteiger charge is 2.24. The second-order valence-corrected chi connectivity index (χ2v) is 9.60. The maximum atomic E-state index is 12.8. The van der Waals surface area contributed by atoms with Gasteiger partial charge in [0.05, 0.1) is 5.54 Å². The Kier molecular flexibility index (Phi) is 4.86. The molecule has 1 N–H and O–H groups in total. The molecule has 0 spiro atoms. The third-order valence-electron chi connectivity index (χ3n) is 4.48. The Bertz CT molecular complexity index is 1010. The van der Waals surface area contributed by atoms with Crippen LogP contribution < -0.4 is 5.32 Å². The summed E-state index contributed by atoms with van der Waals surface area (Å²) in [6, 6.07) is 7.36. The van der Waals surface area contributed by atoms with Crippen LogP contribution in [0.2, 0.25) is 0 Å². The van der Waals surface area contributed by atoms with Crippen LogP contribution in [0.3, 0.4) is 0 Å². The normalized spacial score (nSPS) is 12.8. The van der Waals surface area contributed by atoms with Crippen LogP contribution in [-0.2, 0) is 11.0 Å². The van der Waals surface area contributed by atoms with E-state index in [4.69, 9.17) is 4.42 Å². The number of aromatic nitrogens is 3. The molecule has 3 aromatic rings. The monoisotopic (exact) mass is 382 g/mol. The number of nitrogens with zero attached hydrogens (tertiary/aromatic N) is 3. The molecular formula is C22H30N4O2. The predicted octanol–water partition coefficient (Wildman–Crippen LogP) is 5.45. The van der Waals surface area contributed by atoms with Gasteiger partial charge in [-0.25, -0.2) is 4.98 Å². The number of rotatable bonds is 3. The minimum atomic E-state index is -0.233. The summed E-state index contributed by atoms with van der Waals surface area (Å²) in [5, 5.41) is 7.50. The summed E-state index contributed by atoms with van der Waals surface area (Å²) < 4.78 is 7.75. The fourth-order valence-corrected chi connectivity index (χ4v) is 2.98. The van der Waals surface area contributed by atoms with E-state index >= 15 is 0 Å². The molecule has 2 aromatic heterocycles. The van der Waals surface area contributed by atoms with Gasteiger partial charge in [0.2, 0.25) is 5.89 Å². The minimum absolute atomic E-state index is 0.171. The van der Waals surface area contributed by atoms with Crippen LogP contribution in [0.1, 0.15) is 83.4 Å². The quantitative estimate of drug-likeness (QED) is 0.653. The molecule has 0 unspecified atom stereocenters. The van der Waals surface area contributed by atoms with Crippen LogP contribution in [0.25, 0.3) is 11.1 Å². The van der Waals surface area contributed by atoms with Gasteiger partial charge in [0.1, 0.15) is 5.52 Å². The lowest BCUT2D eigenvalue weighted by Gasteiger charge is -2.23. The molecule has 3 rings (SSSR count). The first-order chi connectivity index (χ1) is 12.9. The van der Waals surface area contributed by atoms with E-state index in [9.17, 15) is 4.79 Å². The van der Waals surface area contributed by atoms with Gasteiger partial charge in [-0.1, -0.05) is 34.6 Å². The van der Waals surface area contributed by atoms with E-state index in [2.05, 4.69) is 70.8 Å². The van der Waals surface area contributed by atoms with Gasteiger partial charge in [-0.15, -0.1) is 0 Å². The topological polar surface area (TPSA) is 73.0 Å². The zero-order chi connectivity index (χ0) is 20.9. The molecule has 0 aliphatic rings. The zero-order valence-electron chi connectivity index (χ0n) is 18.0. The highest BCUT2D eigenvalue weighted by Crippen LogP contribution is 2.28. The Hall–Kier alpha value is -2.63. The highest BCUT2D eigenvalue weighted by molar-refractivity contribution is 6.03. The highest BCUT2D eigenvalue weighted by atomic mass is 16.3. The Morgan fingerprint density at radius 3 is 2.32 bits per heavy atom. The fourth-order valence-electron chi connectivity index (χ4n) is 2.98. The number of amides is 1. The van der Waals surface area contributed by atoms with Gasteiger partial charge in [0.25, 0.3) is 5.91 Å². The Labute approximate surface area is 166 Å². The smallest absolute Gasteiger partial charge is 0.276 e. The molecule has 0 fully saturated rings. The summed E-state index contributed by atoms with van der Waals surface area (Å²) in [6.07, 6.45) is 0. The Balaban J connectivity index is 1.89. The first kappa shape index (κ1) is 20.1. The minimum Gasteiger partial charge on any atom is -0.440 e. The van der Waals surface area contributed by atoms with Crippen molar-refractivity contribution in [1.82, 2.24) is 14.8 Å². The van der Waals surface area contributed by atoms with Gasteiger partial charge in [-0.2, -0.15) is 5.10 Å². The first-order valence-corrected chi connectivity index (χ1v) is 9.69. The van der Waals surface area contributed by atoms with E-state index in [1.54, 1.807) is 0 Å². The van der Waals surface area contributed by atoms with Crippen molar-refractivity contribution < 1.29 is 9.21 Å². The Morgan fingerprint density at radius 2 is 1.79 bits per heavy atom. The van der Waals surface area contributed by atoms with Crippen LogP contribution in [0.4, 0.5) is 5.69 Å². The first-order valence-electron chi connectivity index (χ1n) is 9.69. The van der Waals surface area contributed by atoms with Crippen LogP contribution in [0, 0.1) is 0 Å². The number of benzene rings is 1. The molecule has 0 aliphatic heterocycles. The van der Waals surface area contributed by atoms with Gasteiger partial charge < -0.3 is 9.73 Å². The van der Waals surface area contributed by atoms with E-state index in [-0.39, 0.29) is 22.8 Å². The van der Waals surface area contributed by atoms with Gasteiger partial charge in [0, 0.05) is 16.8 Å². The van der Waals surface area contributed by atoms with Crippen molar-refractivity contribution in [3.63, 3.8) is 0 Å². The number of anilines is 1. The van der Waals surface area contributed by atoms with Crippen LogP contribution in [0.5, 0.6) is 0 Å². The van der Waals surface area contributed by atoms with Crippen LogP contribution in [-0.4, -0.2) is 20.7 Å². The van der Waals surface area contributed by atoms with E-state index < -0.39 is 0 Å². The van der Waals surface area contributed by atoms with Crippen LogP contribution >= 0.6 is 0 Å². The number of nitrogens with one attached hydrogen (secondary N) is 1. The lowest BCUT2D eigenvalue weighted by Crippen LogP contribution is -2.26. The van der Waals surface area contributed by atoms with Crippen molar-refractivity contribution in [3.05, 3.63) is 41.5 Å². The molecule has 2 heterocycles. The van der Waals surface area contributed by atoms with Crippen molar-refractivity contribution in [1.29, 1.82) is 0 Å². The summed E-state index contributed by atoms with van der Waals surface area (Å²) in [7, 11) is 0. The van der Waals surface area contributed by atoms with Crippen molar-refractivity contribution in [3.8, 4) is 0 Å². The number of carbonyl (C=O) groups excluding carboxylic acids is 1. The molecular weight excluding hydrogens is 352 g/mol. The second kappa shape index (κ2) is 6.76. The van der Waals surface area contributed by atoms with E-state index in [1.165, 1.54) is 0 Å². The zero-order valence-corrected chi connectivity index (χ0v) is 18.0. The number of fused-ring (bicyclic) bond motifs is 1. The molecule has 0 aliphatic carbocycles. The largest absolute Gasteiger partial charge is 0.440 e. The molecule has 6 nitrogen and oxygen atoms in total. The summed E-state index contributed by atoms with van der Waals surface area (Å²) in [4.78, 5) is 17.4. The molecule has 6 heteroatoms. The summed E-state index contributed by atoms with van der Waals surface area (Å²) in [6.45, 7) is 16.6. The lowest BCUT2D eigenvalue weighted by atomic mass is 9.97. The number of hydrogen-bond donors (Lipinski definition) is 1. The molecule has 0 atom stereocenters. The average molecular weight is 383 g/mol. The van der Waals surface area contributed by atoms with Gasteiger partial charge in [0.15, 0.2) is 11.3 Å².